The molecule has 0 aliphatic carbocycles. The average Bonchev–Trinajstić information content (AvgIpc) is 2.77. The Morgan fingerprint density at radius 2 is 1.38 bits per heavy atom. The molecule has 4 rings (SSSR count). The summed E-state index contributed by atoms with van der Waals surface area (Å²) >= 11 is 6.07. The predicted molar refractivity (Wildman–Crippen MR) is 114 cm³/mol. The molecule has 0 atom stereocenters. The summed E-state index contributed by atoms with van der Waals surface area (Å²) < 4.78 is 6.19. The van der Waals surface area contributed by atoms with Crippen molar-refractivity contribution in [1.82, 2.24) is 0 Å². The second kappa shape index (κ2) is 8.59. The summed E-state index contributed by atoms with van der Waals surface area (Å²) in [6, 6.07) is 29.0. The van der Waals surface area contributed by atoms with Gasteiger partial charge in [0.2, 0.25) is 17.5 Å². The van der Waals surface area contributed by atoms with Crippen LogP contribution < -0.4 is 15.7 Å². The highest BCUT2D eigenvalue weighted by Crippen LogP contribution is 2.24. The quantitative estimate of drug-likeness (QED) is 0.493. The highest BCUT2D eigenvalue weighted by atomic mass is 35.5. The predicted octanol–water partition coefficient (Wildman–Crippen LogP) is 4.15. The van der Waals surface area contributed by atoms with Gasteiger partial charge in [0.05, 0.1) is 12.1 Å². The molecule has 4 aromatic rings. The van der Waals surface area contributed by atoms with Gasteiger partial charge in [-0.1, -0.05) is 72.3 Å². The maximum atomic E-state index is 11.0. The van der Waals surface area contributed by atoms with Gasteiger partial charge in [0.15, 0.2) is 0 Å². The zero-order valence-corrected chi connectivity index (χ0v) is 16.2. The summed E-state index contributed by atoms with van der Waals surface area (Å²) in [5.41, 5.74) is 3.26. The number of carbonyl (C=O) groups is 1. The SMILES string of the molecule is O=CNc1cc(Cl)ccc1[NH+]=c1cc(-c2ccccc2)oc(-c2ccccc2)c1. The van der Waals surface area contributed by atoms with Crippen LogP contribution in [-0.2, 0) is 4.79 Å². The number of hydrogen-bond acceptors (Lipinski definition) is 2. The molecule has 3 aromatic carbocycles. The van der Waals surface area contributed by atoms with Crippen LogP contribution in [0.4, 0.5) is 11.4 Å². The number of carbonyl (C=O) groups excluding carboxylic acids is 1. The monoisotopic (exact) mass is 401 g/mol. The van der Waals surface area contributed by atoms with Gasteiger partial charge in [0.1, 0.15) is 17.2 Å². The van der Waals surface area contributed by atoms with E-state index in [1.54, 1.807) is 12.1 Å². The number of amides is 1. The molecule has 0 aliphatic rings. The molecule has 0 fully saturated rings. The van der Waals surface area contributed by atoms with Gasteiger partial charge < -0.3 is 9.73 Å². The molecule has 1 aromatic heterocycles. The molecule has 0 bridgehead atoms. The van der Waals surface area contributed by atoms with Crippen molar-refractivity contribution in [3.63, 3.8) is 0 Å². The topological polar surface area (TPSA) is 56.2 Å². The van der Waals surface area contributed by atoms with Gasteiger partial charge >= 0.3 is 0 Å². The standard InChI is InChI=1S/C24H17ClN2O2/c25-19-11-12-21(22(13-19)26-16-28)27-20-14-23(17-7-3-1-4-8-17)29-24(15-20)18-9-5-2-6-10-18/h1-16H,(H,26,28)/p+1. The third kappa shape index (κ3) is 4.45. The molecule has 0 saturated carbocycles. The lowest BCUT2D eigenvalue weighted by molar-refractivity contribution is -0.401. The highest BCUT2D eigenvalue weighted by Gasteiger charge is 2.11. The Morgan fingerprint density at radius 3 is 1.93 bits per heavy atom. The van der Waals surface area contributed by atoms with Crippen molar-refractivity contribution >= 4 is 29.4 Å². The number of benzene rings is 3. The summed E-state index contributed by atoms with van der Waals surface area (Å²) in [5.74, 6) is 1.46. The fourth-order valence-electron chi connectivity index (χ4n) is 3.03. The number of hydrogen-bond donors (Lipinski definition) is 2. The smallest absolute Gasteiger partial charge is 0.227 e. The van der Waals surface area contributed by atoms with E-state index in [0.717, 1.165) is 33.7 Å². The van der Waals surface area contributed by atoms with E-state index in [4.69, 9.17) is 16.0 Å². The number of nitrogens with one attached hydrogen (secondary N) is 2. The minimum Gasteiger partial charge on any atom is -0.456 e. The third-order valence-electron chi connectivity index (χ3n) is 4.38. The lowest BCUT2D eigenvalue weighted by Gasteiger charge is -2.05. The molecule has 0 saturated heterocycles. The van der Waals surface area contributed by atoms with Gasteiger partial charge in [-0.25, -0.2) is 4.99 Å². The van der Waals surface area contributed by atoms with Gasteiger partial charge in [-0.2, -0.15) is 0 Å². The Hall–Kier alpha value is -3.63. The Bertz CT molecular complexity index is 1140. The van der Waals surface area contributed by atoms with Crippen molar-refractivity contribution in [2.75, 3.05) is 5.32 Å². The molecule has 5 heteroatoms. The first-order chi connectivity index (χ1) is 14.2. The second-order valence-corrected chi connectivity index (χ2v) is 6.82. The summed E-state index contributed by atoms with van der Waals surface area (Å²) in [6.45, 7) is 0. The van der Waals surface area contributed by atoms with Crippen molar-refractivity contribution in [2.45, 2.75) is 0 Å². The Morgan fingerprint density at radius 1 is 0.793 bits per heavy atom. The van der Waals surface area contributed by atoms with Crippen LogP contribution in [0.25, 0.3) is 22.6 Å². The van der Waals surface area contributed by atoms with Crippen molar-refractivity contribution in [3.8, 4) is 22.6 Å². The van der Waals surface area contributed by atoms with Crippen molar-refractivity contribution in [1.29, 1.82) is 0 Å². The van der Waals surface area contributed by atoms with Gasteiger partial charge in [0.25, 0.3) is 0 Å². The van der Waals surface area contributed by atoms with Crippen LogP contribution >= 0.6 is 11.6 Å². The summed E-state index contributed by atoms with van der Waals surface area (Å²) in [6.07, 6.45) is 0.627. The van der Waals surface area contributed by atoms with Crippen molar-refractivity contribution < 1.29 is 14.2 Å². The normalized spacial score (nSPS) is 10.4. The van der Waals surface area contributed by atoms with Gasteiger partial charge in [0, 0.05) is 22.2 Å². The first-order valence-electron chi connectivity index (χ1n) is 9.09. The van der Waals surface area contributed by atoms with Crippen LogP contribution in [-0.4, -0.2) is 6.41 Å². The molecule has 29 heavy (non-hydrogen) atoms. The van der Waals surface area contributed by atoms with E-state index in [2.05, 4.69) is 10.3 Å². The molecule has 0 radical (unpaired) electrons. The van der Waals surface area contributed by atoms with Crippen LogP contribution in [0.3, 0.4) is 0 Å². The Balaban J connectivity index is 1.91. The van der Waals surface area contributed by atoms with Gasteiger partial charge in [-0.15, -0.1) is 0 Å². The minimum atomic E-state index is 0.540. The Kier molecular flexibility index (Phi) is 5.54. The zero-order chi connectivity index (χ0) is 20.1. The summed E-state index contributed by atoms with van der Waals surface area (Å²) in [5, 5.41) is 4.04. The first kappa shape index (κ1) is 18.7. The second-order valence-electron chi connectivity index (χ2n) is 6.38. The summed E-state index contributed by atoms with van der Waals surface area (Å²) in [4.78, 5) is 14.3. The molecular formula is C24H18ClN2O2+. The first-order valence-corrected chi connectivity index (χ1v) is 9.46. The molecule has 2 N–H and O–H groups in total. The maximum Gasteiger partial charge on any atom is 0.227 e. The Labute approximate surface area is 173 Å². The van der Waals surface area contributed by atoms with Gasteiger partial charge in [-0.3, -0.25) is 4.79 Å². The van der Waals surface area contributed by atoms with Gasteiger partial charge in [-0.05, 0) is 12.1 Å². The van der Waals surface area contributed by atoms with E-state index in [0.29, 0.717) is 17.1 Å². The van der Waals surface area contributed by atoms with E-state index in [1.807, 2.05) is 78.9 Å². The van der Waals surface area contributed by atoms with E-state index in [9.17, 15) is 4.79 Å². The zero-order valence-electron chi connectivity index (χ0n) is 15.4. The number of anilines is 1. The van der Waals surface area contributed by atoms with E-state index < -0.39 is 0 Å². The third-order valence-corrected chi connectivity index (χ3v) is 4.62. The van der Waals surface area contributed by atoms with Crippen LogP contribution in [0.5, 0.6) is 0 Å². The van der Waals surface area contributed by atoms with E-state index in [1.165, 1.54) is 0 Å². The van der Waals surface area contributed by atoms with Crippen molar-refractivity contribution in [3.05, 3.63) is 101 Å². The van der Waals surface area contributed by atoms with Crippen molar-refractivity contribution in [2.24, 2.45) is 0 Å². The van der Waals surface area contributed by atoms with Crippen LogP contribution in [0.2, 0.25) is 5.02 Å². The van der Waals surface area contributed by atoms with E-state index in [-0.39, 0.29) is 0 Å². The van der Waals surface area contributed by atoms with Crippen LogP contribution in [0, 0.1) is 0 Å². The summed E-state index contributed by atoms with van der Waals surface area (Å²) in [7, 11) is 0. The molecular weight excluding hydrogens is 384 g/mol. The average molecular weight is 402 g/mol. The molecule has 142 valence electrons. The largest absolute Gasteiger partial charge is 0.456 e. The van der Waals surface area contributed by atoms with Crippen LogP contribution in [0.1, 0.15) is 0 Å². The molecule has 0 unspecified atom stereocenters. The molecule has 0 spiro atoms. The highest BCUT2D eigenvalue weighted by molar-refractivity contribution is 6.31. The lowest BCUT2D eigenvalue weighted by Crippen LogP contribution is -2.70. The minimum absolute atomic E-state index is 0.540. The molecule has 1 heterocycles. The number of rotatable bonds is 5. The molecule has 0 aliphatic heterocycles. The fourth-order valence-corrected chi connectivity index (χ4v) is 3.20. The van der Waals surface area contributed by atoms with E-state index >= 15 is 0 Å². The maximum absolute atomic E-state index is 11.0. The number of halogens is 1. The molecule has 1 amide bonds. The molecule has 4 nitrogen and oxygen atoms in total. The fraction of sp³-hybridized carbons (Fsp3) is 0. The lowest BCUT2D eigenvalue weighted by atomic mass is 10.1. The van der Waals surface area contributed by atoms with Crippen LogP contribution in [0.15, 0.2) is 95.4 Å².